The van der Waals surface area contributed by atoms with Crippen molar-refractivity contribution in [2.45, 2.75) is 30.0 Å². The second-order valence-electron chi connectivity index (χ2n) is 10.6. The lowest BCUT2D eigenvalue weighted by molar-refractivity contribution is -0.153. The standard InChI is InChI=1S/C24H27F3N4O10S/c1-30(2)14-8-5-7-6-9-15(31(3)4)18(34)12(22(29)37)21(36)23(9,38)20(35)10(7)16(32)11(8)17(33)13(28)19(14)41-42(39,40)24(25,26)27/h7,9,15,32-33,36,38H,5-6,28H2,1-4H3,(H2,29,37)/t7?,9?,15-,23-/m0/s1. The number of primary amides is 1. The summed E-state index contributed by atoms with van der Waals surface area (Å²) in [5, 5.41) is 44.6. The number of carbonyl (C=O) groups excluding carboxylic acids is 3. The van der Waals surface area contributed by atoms with E-state index >= 15 is 0 Å². The number of nitrogens with zero attached hydrogens (tertiary/aromatic N) is 2. The average Bonchev–Trinajstić information content (AvgIpc) is 2.83. The van der Waals surface area contributed by atoms with Crippen molar-refractivity contribution in [3.8, 4) is 11.5 Å². The van der Waals surface area contributed by atoms with E-state index < -0.39 is 102 Å². The highest BCUT2D eigenvalue weighted by atomic mass is 32.2. The smallest absolute Gasteiger partial charge is 0.508 e. The van der Waals surface area contributed by atoms with Crippen LogP contribution in [-0.2, 0) is 30.9 Å². The number of nitrogens with two attached hydrogens (primary N) is 2. The van der Waals surface area contributed by atoms with Gasteiger partial charge in [-0.1, -0.05) is 0 Å². The molecule has 1 aromatic rings. The van der Waals surface area contributed by atoms with E-state index in [1.54, 1.807) is 0 Å². The molecule has 4 rings (SSSR count). The molecular formula is C24H27F3N4O10S. The number of hydrogen-bond donors (Lipinski definition) is 6. The van der Waals surface area contributed by atoms with Crippen LogP contribution >= 0.6 is 0 Å². The van der Waals surface area contributed by atoms with E-state index in [1.165, 1.54) is 33.1 Å². The van der Waals surface area contributed by atoms with Crippen LogP contribution in [-0.4, -0.2) is 96.6 Å². The van der Waals surface area contributed by atoms with Crippen molar-refractivity contribution in [1.29, 1.82) is 0 Å². The topological polar surface area (TPSA) is 234 Å². The molecule has 0 aromatic heterocycles. The molecule has 230 valence electrons. The zero-order chi connectivity index (χ0) is 32.0. The summed E-state index contributed by atoms with van der Waals surface area (Å²) in [5.41, 5.74) is -1.40. The van der Waals surface area contributed by atoms with Crippen molar-refractivity contribution >= 4 is 44.7 Å². The zero-order valence-corrected chi connectivity index (χ0v) is 23.3. The van der Waals surface area contributed by atoms with Crippen LogP contribution in [0.3, 0.4) is 0 Å². The van der Waals surface area contributed by atoms with Crippen LogP contribution in [0.1, 0.15) is 17.5 Å². The van der Waals surface area contributed by atoms with Gasteiger partial charge in [0, 0.05) is 25.6 Å². The summed E-state index contributed by atoms with van der Waals surface area (Å²) in [5.74, 6) is -10.7. The number of alkyl halides is 3. The van der Waals surface area contributed by atoms with E-state index in [1.807, 2.05) is 0 Å². The number of ketones is 2. The molecule has 4 atom stereocenters. The first-order chi connectivity index (χ1) is 19.1. The molecule has 42 heavy (non-hydrogen) atoms. The largest absolute Gasteiger partial charge is 0.534 e. The highest BCUT2D eigenvalue weighted by molar-refractivity contribution is 7.88. The van der Waals surface area contributed by atoms with Crippen LogP contribution < -0.4 is 20.6 Å². The SMILES string of the molecule is CN(C)c1c2c(c(O)c(N)c1OS(=O)(=O)C(F)(F)F)C(O)=C1C(=O)[C@]3(O)C(O)=C(C(N)=O)C(=O)[C@@H](N(C)C)C3CC1C2. The first kappa shape index (κ1) is 30.9. The number of nitrogen functional groups attached to an aromatic ring is 1. The molecule has 1 aromatic carbocycles. The molecule has 14 nitrogen and oxygen atoms in total. The van der Waals surface area contributed by atoms with Crippen molar-refractivity contribution in [3.05, 3.63) is 28.0 Å². The van der Waals surface area contributed by atoms with Crippen LogP contribution in [0.2, 0.25) is 0 Å². The van der Waals surface area contributed by atoms with Gasteiger partial charge >= 0.3 is 15.6 Å². The lowest BCUT2D eigenvalue weighted by atomic mass is 9.57. The summed E-state index contributed by atoms with van der Waals surface area (Å²) in [4.78, 5) is 41.5. The number of phenols is 1. The van der Waals surface area contributed by atoms with E-state index in [0.717, 1.165) is 4.90 Å². The number of aromatic hydroxyl groups is 1. The molecule has 0 heterocycles. The number of hydrogen-bond acceptors (Lipinski definition) is 13. The lowest BCUT2D eigenvalue weighted by Crippen LogP contribution is -2.65. The Bertz CT molecular complexity index is 1620. The van der Waals surface area contributed by atoms with Gasteiger partial charge in [-0.2, -0.15) is 21.6 Å². The Balaban J connectivity index is 2.02. The zero-order valence-electron chi connectivity index (χ0n) is 22.5. The third kappa shape index (κ3) is 4.07. The van der Waals surface area contributed by atoms with Gasteiger partial charge in [-0.3, -0.25) is 19.3 Å². The molecule has 0 bridgehead atoms. The molecule has 0 radical (unpaired) electrons. The first-order valence-corrected chi connectivity index (χ1v) is 13.5. The molecular weight excluding hydrogens is 593 g/mol. The molecule has 1 fully saturated rings. The molecule has 0 saturated heterocycles. The fraction of sp³-hybridized carbons (Fsp3) is 0.458. The van der Waals surface area contributed by atoms with E-state index in [9.17, 15) is 56.4 Å². The van der Waals surface area contributed by atoms with Crippen LogP contribution in [0.4, 0.5) is 24.5 Å². The third-order valence-corrected chi connectivity index (χ3v) is 8.73. The Morgan fingerprint density at radius 1 is 1.12 bits per heavy atom. The summed E-state index contributed by atoms with van der Waals surface area (Å²) in [7, 11) is -0.889. The molecule has 1 saturated carbocycles. The average molecular weight is 621 g/mol. The normalized spacial score (nSPS) is 26.2. The number of likely N-dealkylation sites (N-methyl/N-ethyl adjacent to an activating group) is 1. The van der Waals surface area contributed by atoms with Gasteiger partial charge in [-0.25, -0.2) is 0 Å². The number of amides is 1. The summed E-state index contributed by atoms with van der Waals surface area (Å²) in [6.45, 7) is 0. The summed E-state index contributed by atoms with van der Waals surface area (Å²) >= 11 is 0. The molecule has 1 amide bonds. The number of halogens is 3. The number of anilines is 2. The Morgan fingerprint density at radius 3 is 2.17 bits per heavy atom. The first-order valence-electron chi connectivity index (χ1n) is 12.1. The predicted octanol–water partition coefficient (Wildman–Crippen LogP) is -0.159. The quantitative estimate of drug-likeness (QED) is 0.0827. The number of benzene rings is 1. The van der Waals surface area contributed by atoms with E-state index in [-0.39, 0.29) is 24.1 Å². The number of aliphatic hydroxyl groups excluding tert-OH is 2. The molecule has 3 aliphatic rings. The fourth-order valence-corrected chi connectivity index (χ4v) is 6.55. The van der Waals surface area contributed by atoms with Crippen molar-refractivity contribution in [2.24, 2.45) is 17.6 Å². The number of carbonyl (C=O) groups is 3. The van der Waals surface area contributed by atoms with Gasteiger partial charge in [0.1, 0.15) is 22.8 Å². The maximum absolute atomic E-state index is 13.9. The van der Waals surface area contributed by atoms with E-state index in [4.69, 9.17) is 11.5 Å². The highest BCUT2D eigenvalue weighted by Crippen LogP contribution is 2.57. The highest BCUT2D eigenvalue weighted by Gasteiger charge is 2.64. The molecule has 3 aliphatic carbocycles. The van der Waals surface area contributed by atoms with Crippen LogP contribution in [0.5, 0.6) is 11.5 Å². The second kappa shape index (κ2) is 9.50. The van der Waals surface area contributed by atoms with Crippen LogP contribution in [0.15, 0.2) is 16.9 Å². The fourth-order valence-electron chi connectivity index (χ4n) is 6.07. The van der Waals surface area contributed by atoms with Crippen molar-refractivity contribution in [2.75, 3.05) is 38.8 Å². The van der Waals surface area contributed by atoms with Gasteiger partial charge < -0.3 is 41.0 Å². The molecule has 0 aliphatic heterocycles. The minimum absolute atomic E-state index is 0.162. The van der Waals surface area contributed by atoms with E-state index in [0.29, 0.717) is 0 Å². The molecule has 2 unspecified atom stereocenters. The number of rotatable bonds is 5. The Hall–Kier alpha value is -4.03. The van der Waals surface area contributed by atoms with Crippen molar-refractivity contribution in [3.63, 3.8) is 0 Å². The van der Waals surface area contributed by atoms with Gasteiger partial charge in [0.15, 0.2) is 22.9 Å². The maximum atomic E-state index is 13.9. The molecule has 8 N–H and O–H groups in total. The van der Waals surface area contributed by atoms with Crippen LogP contribution in [0, 0.1) is 11.8 Å². The predicted molar refractivity (Wildman–Crippen MR) is 139 cm³/mol. The van der Waals surface area contributed by atoms with Crippen molar-refractivity contribution < 1.29 is 60.6 Å². The van der Waals surface area contributed by atoms with Gasteiger partial charge in [-0.05, 0) is 38.4 Å². The second-order valence-corrected chi connectivity index (χ2v) is 12.2. The summed E-state index contributed by atoms with van der Waals surface area (Å²) in [6.07, 6.45) is -0.681. The maximum Gasteiger partial charge on any atom is 0.534 e. The third-order valence-electron chi connectivity index (χ3n) is 7.78. The van der Waals surface area contributed by atoms with Gasteiger partial charge in [0.05, 0.1) is 17.3 Å². The van der Waals surface area contributed by atoms with E-state index in [2.05, 4.69) is 4.18 Å². The number of aliphatic hydroxyl groups is 3. The Morgan fingerprint density at radius 2 is 1.69 bits per heavy atom. The number of phenolic OH excluding ortho intramolecular Hbond substituents is 1. The summed E-state index contributed by atoms with van der Waals surface area (Å²) in [6, 6.07) is -1.37. The number of Topliss-reactive ketones (excluding diaryl/α,β-unsaturated/α-hetero) is 2. The molecule has 18 heteroatoms. The monoisotopic (exact) mass is 620 g/mol. The van der Waals surface area contributed by atoms with Gasteiger partial charge in [0.2, 0.25) is 5.78 Å². The summed E-state index contributed by atoms with van der Waals surface area (Å²) < 4.78 is 67.5. The van der Waals surface area contributed by atoms with Crippen LogP contribution in [0.25, 0.3) is 5.76 Å². The minimum Gasteiger partial charge on any atom is -0.508 e. The minimum atomic E-state index is -6.28. The van der Waals surface area contributed by atoms with Gasteiger partial charge in [0.25, 0.3) is 5.91 Å². The Labute approximate surface area is 236 Å². The molecule has 0 spiro atoms. The van der Waals surface area contributed by atoms with Gasteiger partial charge in [-0.15, -0.1) is 0 Å². The Kier molecular flexibility index (Phi) is 6.99. The van der Waals surface area contributed by atoms with Crippen molar-refractivity contribution in [1.82, 2.24) is 4.90 Å². The lowest BCUT2D eigenvalue weighted by Gasteiger charge is -2.50. The number of fused-ring (bicyclic) bond motifs is 3.